The second-order valence-electron chi connectivity index (χ2n) is 7.14. The van der Waals surface area contributed by atoms with Gasteiger partial charge in [-0.05, 0) is 42.2 Å². The molecule has 0 spiro atoms. The Labute approximate surface area is 160 Å². The van der Waals surface area contributed by atoms with Crippen molar-refractivity contribution < 1.29 is 14.3 Å². The van der Waals surface area contributed by atoms with Crippen LogP contribution in [0.5, 0.6) is 5.75 Å². The number of nitrogens with one attached hydrogen (secondary N) is 2. The lowest BCUT2D eigenvalue weighted by Crippen LogP contribution is -2.31. The summed E-state index contributed by atoms with van der Waals surface area (Å²) in [7, 11) is 0. The maximum Gasteiger partial charge on any atom is 0.258 e. The van der Waals surface area contributed by atoms with Gasteiger partial charge < -0.3 is 15.4 Å². The van der Waals surface area contributed by atoms with Crippen LogP contribution in [0, 0.1) is 0 Å². The largest absolute Gasteiger partial charge is 0.483 e. The highest BCUT2D eigenvalue weighted by Gasteiger charge is 2.23. The minimum atomic E-state index is -0.158. The molecule has 2 N–H and O–H groups in total. The van der Waals surface area contributed by atoms with E-state index in [1.54, 1.807) is 0 Å². The van der Waals surface area contributed by atoms with E-state index in [0.29, 0.717) is 23.9 Å². The molecule has 1 fully saturated rings. The van der Waals surface area contributed by atoms with Crippen LogP contribution in [-0.2, 0) is 4.79 Å². The topological polar surface area (TPSA) is 67.4 Å². The average Bonchev–Trinajstić information content (AvgIpc) is 3.49. The normalized spacial score (nSPS) is 13.4. The molecule has 27 heavy (non-hydrogen) atoms. The van der Waals surface area contributed by atoms with Crippen molar-refractivity contribution in [2.45, 2.75) is 51.5 Å². The molecular weight excluding hydrogens is 340 g/mol. The number of ether oxygens (including phenoxy) is 1. The Morgan fingerprint density at radius 3 is 2.52 bits per heavy atom. The summed E-state index contributed by atoms with van der Waals surface area (Å²) in [6, 6.07) is 11.8. The lowest BCUT2D eigenvalue weighted by molar-refractivity contribution is -0.123. The third-order valence-electron chi connectivity index (χ3n) is 4.71. The Morgan fingerprint density at radius 2 is 1.81 bits per heavy atom. The van der Waals surface area contributed by atoms with Crippen LogP contribution in [-0.4, -0.2) is 31.0 Å². The monoisotopic (exact) mass is 368 g/mol. The molecular formula is C22H28N2O3. The molecule has 0 bridgehead atoms. The van der Waals surface area contributed by atoms with Gasteiger partial charge in [0, 0.05) is 12.6 Å². The highest BCUT2D eigenvalue weighted by Crippen LogP contribution is 2.26. The highest BCUT2D eigenvalue weighted by molar-refractivity contribution is 6.01. The van der Waals surface area contributed by atoms with Gasteiger partial charge in [-0.2, -0.15) is 0 Å². The highest BCUT2D eigenvalue weighted by atomic mass is 16.5. The summed E-state index contributed by atoms with van der Waals surface area (Å²) in [5, 5.41) is 7.83. The Hall–Kier alpha value is -2.56. The maximum absolute atomic E-state index is 12.7. The lowest BCUT2D eigenvalue weighted by Gasteiger charge is -2.13. The number of benzene rings is 2. The third-order valence-corrected chi connectivity index (χ3v) is 4.71. The summed E-state index contributed by atoms with van der Waals surface area (Å²) in [5.41, 5.74) is 0.475. The van der Waals surface area contributed by atoms with Crippen molar-refractivity contribution in [1.29, 1.82) is 0 Å². The van der Waals surface area contributed by atoms with Crippen molar-refractivity contribution in [3.05, 3.63) is 42.0 Å². The number of unbranched alkanes of at least 4 members (excludes halogenated alkanes) is 3. The first-order valence-corrected chi connectivity index (χ1v) is 9.90. The van der Waals surface area contributed by atoms with E-state index >= 15 is 0 Å². The zero-order valence-corrected chi connectivity index (χ0v) is 15.9. The number of rotatable bonds is 10. The van der Waals surface area contributed by atoms with Crippen LogP contribution in [0.3, 0.4) is 0 Å². The van der Waals surface area contributed by atoms with E-state index in [-0.39, 0.29) is 18.4 Å². The van der Waals surface area contributed by atoms with E-state index in [4.69, 9.17) is 4.74 Å². The molecule has 2 aromatic carbocycles. The minimum absolute atomic E-state index is 0.0778. The van der Waals surface area contributed by atoms with Crippen LogP contribution in [0.4, 0.5) is 0 Å². The van der Waals surface area contributed by atoms with E-state index in [9.17, 15) is 9.59 Å². The fourth-order valence-corrected chi connectivity index (χ4v) is 3.01. The van der Waals surface area contributed by atoms with Crippen molar-refractivity contribution in [3.63, 3.8) is 0 Å². The van der Waals surface area contributed by atoms with E-state index in [0.717, 1.165) is 36.5 Å². The van der Waals surface area contributed by atoms with Crippen LogP contribution in [0.2, 0.25) is 0 Å². The summed E-state index contributed by atoms with van der Waals surface area (Å²) in [4.78, 5) is 24.6. The molecule has 0 heterocycles. The first-order valence-electron chi connectivity index (χ1n) is 9.90. The van der Waals surface area contributed by atoms with Gasteiger partial charge >= 0.3 is 0 Å². The fraction of sp³-hybridized carbons (Fsp3) is 0.455. The van der Waals surface area contributed by atoms with Crippen LogP contribution in [0.15, 0.2) is 36.4 Å². The molecule has 3 rings (SSSR count). The Morgan fingerprint density at radius 1 is 1.07 bits per heavy atom. The van der Waals surface area contributed by atoms with Crippen molar-refractivity contribution in [2.24, 2.45) is 0 Å². The van der Waals surface area contributed by atoms with Gasteiger partial charge in [-0.25, -0.2) is 0 Å². The molecule has 2 aromatic rings. The van der Waals surface area contributed by atoms with E-state index < -0.39 is 0 Å². The second kappa shape index (κ2) is 9.40. The fourth-order valence-electron chi connectivity index (χ4n) is 3.01. The van der Waals surface area contributed by atoms with Crippen molar-refractivity contribution in [3.8, 4) is 5.75 Å². The molecule has 0 saturated heterocycles. The number of carbonyl (C=O) groups is 2. The number of hydrogen-bond donors (Lipinski definition) is 2. The van der Waals surface area contributed by atoms with Gasteiger partial charge in [-0.15, -0.1) is 0 Å². The molecule has 0 aromatic heterocycles. The molecule has 1 aliphatic carbocycles. The first kappa shape index (κ1) is 19.2. The van der Waals surface area contributed by atoms with Crippen LogP contribution in [0.25, 0.3) is 10.8 Å². The van der Waals surface area contributed by atoms with E-state index in [1.807, 2.05) is 36.4 Å². The Kier molecular flexibility index (Phi) is 6.69. The first-order chi connectivity index (χ1) is 13.2. The van der Waals surface area contributed by atoms with E-state index in [2.05, 4.69) is 17.6 Å². The molecule has 1 saturated carbocycles. The minimum Gasteiger partial charge on any atom is -0.483 e. The summed E-state index contributed by atoms with van der Waals surface area (Å²) in [5.74, 6) is 0.150. The smallest absolute Gasteiger partial charge is 0.258 e. The summed E-state index contributed by atoms with van der Waals surface area (Å²) in [6.07, 6.45) is 6.49. The Balaban J connectivity index is 1.69. The molecule has 0 radical (unpaired) electrons. The number of carbonyl (C=O) groups excluding carboxylic acids is 2. The van der Waals surface area contributed by atoms with Gasteiger partial charge in [-0.3, -0.25) is 9.59 Å². The van der Waals surface area contributed by atoms with Gasteiger partial charge in [0.1, 0.15) is 5.75 Å². The van der Waals surface area contributed by atoms with E-state index in [1.165, 1.54) is 12.8 Å². The number of hydrogen-bond acceptors (Lipinski definition) is 3. The number of fused-ring (bicyclic) bond motifs is 1. The average molecular weight is 368 g/mol. The predicted molar refractivity (Wildman–Crippen MR) is 107 cm³/mol. The lowest BCUT2D eigenvalue weighted by atomic mass is 10.1. The van der Waals surface area contributed by atoms with Gasteiger partial charge in [0.15, 0.2) is 6.61 Å². The summed E-state index contributed by atoms with van der Waals surface area (Å²) >= 11 is 0. The summed E-state index contributed by atoms with van der Waals surface area (Å²) in [6.45, 7) is 2.73. The van der Waals surface area contributed by atoms with Crippen LogP contribution in [0.1, 0.15) is 55.8 Å². The Bertz CT molecular complexity index is 799. The number of amides is 2. The third kappa shape index (κ3) is 5.71. The predicted octanol–water partition coefficient (Wildman–Crippen LogP) is 3.81. The SMILES string of the molecule is CCCCCCNC(=O)c1cc2ccccc2cc1OCC(=O)NC1CC1. The zero-order valence-electron chi connectivity index (χ0n) is 15.9. The van der Waals surface area contributed by atoms with Crippen molar-refractivity contribution in [2.75, 3.05) is 13.2 Å². The standard InChI is InChI=1S/C22H28N2O3/c1-2-3-4-7-12-23-22(26)19-13-16-8-5-6-9-17(16)14-20(19)27-15-21(25)24-18-10-11-18/h5-6,8-9,13-14,18H,2-4,7,10-12,15H2,1H3,(H,23,26)(H,24,25). The van der Waals surface area contributed by atoms with Crippen LogP contribution >= 0.6 is 0 Å². The molecule has 0 aliphatic heterocycles. The quantitative estimate of drug-likeness (QED) is 0.627. The van der Waals surface area contributed by atoms with Gasteiger partial charge in [0.25, 0.3) is 11.8 Å². The zero-order chi connectivity index (χ0) is 19.1. The molecule has 0 atom stereocenters. The van der Waals surface area contributed by atoms with Crippen molar-refractivity contribution in [1.82, 2.24) is 10.6 Å². The molecule has 2 amide bonds. The molecule has 1 aliphatic rings. The maximum atomic E-state index is 12.7. The van der Waals surface area contributed by atoms with Gasteiger partial charge in [-0.1, -0.05) is 50.5 Å². The molecule has 0 unspecified atom stereocenters. The van der Waals surface area contributed by atoms with Gasteiger partial charge in [0.05, 0.1) is 5.56 Å². The molecule has 144 valence electrons. The van der Waals surface area contributed by atoms with Crippen LogP contribution < -0.4 is 15.4 Å². The summed E-state index contributed by atoms with van der Waals surface area (Å²) < 4.78 is 5.73. The van der Waals surface area contributed by atoms with Gasteiger partial charge in [0.2, 0.25) is 0 Å². The van der Waals surface area contributed by atoms with Crippen molar-refractivity contribution >= 4 is 22.6 Å². The molecule has 5 nitrogen and oxygen atoms in total. The molecule has 5 heteroatoms. The second-order valence-corrected chi connectivity index (χ2v) is 7.14.